The Morgan fingerprint density at radius 3 is 2.23 bits per heavy atom. The largest absolute Gasteiger partial charge is 0.361 e. The smallest absolute Gasteiger partial charge is 0.178 e. The van der Waals surface area contributed by atoms with Crippen LogP contribution in [0.25, 0.3) is 0 Å². The summed E-state index contributed by atoms with van der Waals surface area (Å²) in [6.07, 6.45) is 0. The summed E-state index contributed by atoms with van der Waals surface area (Å²) in [5.74, 6) is 0. The highest BCUT2D eigenvalue weighted by Gasteiger charge is 2.53. The Bertz CT molecular complexity index is 152. The number of hydrogen-bond donors (Lipinski definition) is 1. The molecule has 1 N–H and O–H groups in total. The minimum atomic E-state index is 0.196. The first-order valence-corrected chi connectivity index (χ1v) is 5.29. The zero-order chi connectivity index (χ0) is 9.95. The minimum Gasteiger partial charge on any atom is -0.361 e. The van der Waals surface area contributed by atoms with E-state index in [2.05, 4.69) is 19.4 Å². The molecule has 3 nitrogen and oxygen atoms in total. The van der Waals surface area contributed by atoms with Crippen molar-refractivity contribution in [3.63, 3.8) is 0 Å². The van der Waals surface area contributed by atoms with E-state index in [4.69, 9.17) is 4.74 Å². The summed E-state index contributed by atoms with van der Waals surface area (Å²) >= 11 is 0. The van der Waals surface area contributed by atoms with E-state index in [0.29, 0.717) is 0 Å². The Morgan fingerprint density at radius 2 is 1.85 bits per heavy atom. The monoisotopic (exact) mass is 187 g/mol. The Morgan fingerprint density at radius 1 is 1.23 bits per heavy atom. The van der Waals surface area contributed by atoms with E-state index in [0.717, 1.165) is 24.2 Å². The Kier molecular flexibility index (Phi) is 3.33. The molecule has 0 atom stereocenters. The van der Waals surface area contributed by atoms with E-state index in [1.165, 1.54) is 13.1 Å². The molecular formula is C10H23N2O+. The molecule has 0 saturated carbocycles. The summed E-state index contributed by atoms with van der Waals surface area (Å²) in [4.78, 5) is 0. The molecule has 0 unspecified atom stereocenters. The van der Waals surface area contributed by atoms with Crippen LogP contribution in [-0.2, 0) is 4.74 Å². The van der Waals surface area contributed by atoms with Crippen LogP contribution < -0.4 is 5.32 Å². The summed E-state index contributed by atoms with van der Waals surface area (Å²) in [5.41, 5.74) is 0.196. The summed E-state index contributed by atoms with van der Waals surface area (Å²) < 4.78 is 6.87. The number of likely N-dealkylation sites (N-methyl/N-ethyl adjacent to an activating group) is 1. The van der Waals surface area contributed by atoms with Crippen molar-refractivity contribution in [1.29, 1.82) is 0 Å². The summed E-state index contributed by atoms with van der Waals surface area (Å²) in [6, 6.07) is 0. The highest BCUT2D eigenvalue weighted by Crippen LogP contribution is 2.29. The second kappa shape index (κ2) is 3.95. The van der Waals surface area contributed by atoms with Crippen molar-refractivity contribution in [1.82, 2.24) is 5.32 Å². The number of ether oxygens (including phenoxy) is 1. The predicted molar refractivity (Wildman–Crippen MR) is 54.7 cm³/mol. The van der Waals surface area contributed by atoms with Gasteiger partial charge in [-0.15, -0.1) is 0 Å². The van der Waals surface area contributed by atoms with Gasteiger partial charge in [0.15, 0.2) is 5.60 Å². The Balaban J connectivity index is 0.000000396. The third-order valence-electron chi connectivity index (χ3n) is 2.57. The van der Waals surface area contributed by atoms with E-state index < -0.39 is 0 Å². The van der Waals surface area contributed by atoms with Gasteiger partial charge in [-0.3, -0.25) is 0 Å². The molecule has 78 valence electrons. The first-order valence-electron chi connectivity index (χ1n) is 5.29. The fourth-order valence-electron chi connectivity index (χ4n) is 2.42. The molecule has 1 spiro atoms. The standard InChI is InChI=1S/C8H17N2O.C2H6/c1-10(2)6-8(7-10)5-9-3-4-11-8;1-2/h9H,3-7H2,1-2H3;1-2H3/q+1;. The van der Waals surface area contributed by atoms with Crippen LogP contribution in [0.3, 0.4) is 0 Å². The number of quaternary nitrogens is 1. The van der Waals surface area contributed by atoms with Crippen molar-refractivity contribution in [2.45, 2.75) is 19.4 Å². The molecule has 2 heterocycles. The lowest BCUT2D eigenvalue weighted by Gasteiger charge is -2.54. The van der Waals surface area contributed by atoms with Gasteiger partial charge in [0.2, 0.25) is 0 Å². The SMILES string of the molecule is CC.C[N+]1(C)CC2(CNCCO2)C1. The topological polar surface area (TPSA) is 21.3 Å². The molecule has 0 amide bonds. The molecule has 2 rings (SSSR count). The fourth-order valence-corrected chi connectivity index (χ4v) is 2.42. The third-order valence-corrected chi connectivity index (χ3v) is 2.57. The van der Waals surface area contributed by atoms with Crippen LogP contribution in [-0.4, -0.2) is 57.0 Å². The average Bonchev–Trinajstić information content (AvgIpc) is 2.06. The highest BCUT2D eigenvalue weighted by atomic mass is 16.5. The van der Waals surface area contributed by atoms with E-state index >= 15 is 0 Å². The second-order valence-electron chi connectivity index (χ2n) is 4.46. The first-order chi connectivity index (χ1) is 6.12. The molecule has 2 fully saturated rings. The van der Waals surface area contributed by atoms with Crippen molar-refractivity contribution in [3.8, 4) is 0 Å². The van der Waals surface area contributed by atoms with Crippen LogP contribution in [0.2, 0.25) is 0 Å². The molecule has 3 heteroatoms. The number of morpholine rings is 1. The molecule has 2 aliphatic heterocycles. The third kappa shape index (κ3) is 2.42. The lowest BCUT2D eigenvalue weighted by molar-refractivity contribution is -0.948. The van der Waals surface area contributed by atoms with Gasteiger partial charge in [-0.05, 0) is 0 Å². The quantitative estimate of drug-likeness (QED) is 0.556. The highest BCUT2D eigenvalue weighted by molar-refractivity contribution is 4.92. The maximum absolute atomic E-state index is 5.76. The van der Waals surface area contributed by atoms with Gasteiger partial charge >= 0.3 is 0 Å². The zero-order valence-corrected chi connectivity index (χ0v) is 9.39. The number of nitrogens with one attached hydrogen (secondary N) is 1. The molecule has 0 aliphatic carbocycles. The number of likely N-dealkylation sites (tertiary alicyclic amines) is 1. The van der Waals surface area contributed by atoms with Crippen LogP contribution >= 0.6 is 0 Å². The van der Waals surface area contributed by atoms with Gasteiger partial charge < -0.3 is 14.5 Å². The molecular weight excluding hydrogens is 164 g/mol. The fraction of sp³-hybridized carbons (Fsp3) is 1.00. The van der Waals surface area contributed by atoms with Gasteiger partial charge in [0.05, 0.1) is 20.7 Å². The molecule has 0 bridgehead atoms. The molecule has 0 aromatic carbocycles. The van der Waals surface area contributed by atoms with Gasteiger partial charge in [-0.2, -0.15) is 0 Å². The molecule has 13 heavy (non-hydrogen) atoms. The lowest BCUT2D eigenvalue weighted by atomic mass is 9.91. The average molecular weight is 187 g/mol. The predicted octanol–water partition coefficient (Wildman–Crippen LogP) is 0.461. The van der Waals surface area contributed by atoms with Crippen molar-refractivity contribution in [2.24, 2.45) is 0 Å². The van der Waals surface area contributed by atoms with E-state index in [1.54, 1.807) is 0 Å². The van der Waals surface area contributed by atoms with E-state index in [9.17, 15) is 0 Å². The summed E-state index contributed by atoms with van der Waals surface area (Å²) in [6.45, 7) is 9.30. The van der Waals surface area contributed by atoms with Crippen LogP contribution in [0.15, 0.2) is 0 Å². The van der Waals surface area contributed by atoms with Crippen LogP contribution in [0.5, 0.6) is 0 Å². The van der Waals surface area contributed by atoms with Crippen LogP contribution in [0.4, 0.5) is 0 Å². The second-order valence-corrected chi connectivity index (χ2v) is 4.46. The van der Waals surface area contributed by atoms with Gasteiger partial charge in [0.25, 0.3) is 0 Å². The molecule has 0 aromatic rings. The molecule has 0 radical (unpaired) electrons. The van der Waals surface area contributed by atoms with Crippen molar-refractivity contribution < 1.29 is 9.22 Å². The summed E-state index contributed by atoms with van der Waals surface area (Å²) in [5, 5.41) is 3.38. The lowest BCUT2D eigenvalue weighted by Crippen LogP contribution is -2.75. The Hall–Kier alpha value is -0.120. The molecule has 2 saturated heterocycles. The van der Waals surface area contributed by atoms with Crippen molar-refractivity contribution >= 4 is 0 Å². The van der Waals surface area contributed by atoms with Gasteiger partial charge in [-0.1, -0.05) is 13.8 Å². The van der Waals surface area contributed by atoms with E-state index in [-0.39, 0.29) is 5.60 Å². The minimum absolute atomic E-state index is 0.196. The van der Waals surface area contributed by atoms with Crippen molar-refractivity contribution in [2.75, 3.05) is 46.9 Å². The van der Waals surface area contributed by atoms with Gasteiger partial charge in [0, 0.05) is 13.1 Å². The van der Waals surface area contributed by atoms with Crippen molar-refractivity contribution in [3.05, 3.63) is 0 Å². The van der Waals surface area contributed by atoms with Crippen LogP contribution in [0.1, 0.15) is 13.8 Å². The maximum atomic E-state index is 5.76. The zero-order valence-electron chi connectivity index (χ0n) is 9.39. The van der Waals surface area contributed by atoms with Gasteiger partial charge in [-0.25, -0.2) is 0 Å². The maximum Gasteiger partial charge on any atom is 0.178 e. The van der Waals surface area contributed by atoms with Crippen LogP contribution in [0, 0.1) is 0 Å². The number of rotatable bonds is 0. The number of hydrogen-bond acceptors (Lipinski definition) is 2. The number of nitrogens with zero attached hydrogens (tertiary/aromatic N) is 1. The summed E-state index contributed by atoms with van der Waals surface area (Å²) in [7, 11) is 4.51. The van der Waals surface area contributed by atoms with E-state index in [1.807, 2.05) is 13.8 Å². The Labute approximate surface area is 81.7 Å². The van der Waals surface area contributed by atoms with Gasteiger partial charge in [0.1, 0.15) is 13.1 Å². The molecule has 0 aromatic heterocycles. The normalized spacial score (nSPS) is 28.6. The first kappa shape index (κ1) is 11.0. The molecule has 2 aliphatic rings.